The van der Waals surface area contributed by atoms with Crippen LogP contribution < -0.4 is 10.5 Å². The number of hydrogen-bond donors (Lipinski definition) is 2. The highest BCUT2D eigenvalue weighted by molar-refractivity contribution is 7.90. The van der Waals surface area contributed by atoms with E-state index in [1.165, 1.54) is 6.07 Å². The van der Waals surface area contributed by atoms with E-state index in [-0.39, 0.29) is 5.56 Å². The Balaban J connectivity index is 2.06. The van der Waals surface area contributed by atoms with Crippen LogP contribution in [0, 0.1) is 0 Å². The van der Waals surface area contributed by atoms with Crippen molar-refractivity contribution in [1.82, 2.24) is 4.72 Å². The highest BCUT2D eigenvalue weighted by atomic mass is 32.2. The zero-order valence-electron chi connectivity index (χ0n) is 13.7. The molecule has 0 aromatic heterocycles. The molecule has 3 rings (SSSR count). The van der Waals surface area contributed by atoms with Gasteiger partial charge >= 0.3 is 0 Å². The molecule has 0 spiro atoms. The van der Waals surface area contributed by atoms with Crippen LogP contribution in [-0.2, 0) is 14.8 Å². The lowest BCUT2D eigenvalue weighted by atomic mass is 9.94. The summed E-state index contributed by atoms with van der Waals surface area (Å²) in [5.74, 6) is -2.79. The first-order valence-corrected chi connectivity index (χ1v) is 9.43. The predicted molar refractivity (Wildman–Crippen MR) is 99.8 cm³/mol. The minimum absolute atomic E-state index is 0.192. The van der Waals surface area contributed by atoms with Crippen molar-refractivity contribution in [2.24, 2.45) is 5.73 Å². The van der Waals surface area contributed by atoms with E-state index >= 15 is 0 Å². The first kappa shape index (κ1) is 17.6. The Morgan fingerprint density at radius 1 is 0.846 bits per heavy atom. The summed E-state index contributed by atoms with van der Waals surface area (Å²) in [6.07, 6.45) is 0. The molecule has 26 heavy (non-hydrogen) atoms. The molecule has 0 fully saturated rings. The molecule has 0 unspecified atom stereocenters. The number of rotatable bonds is 5. The molecule has 3 aromatic carbocycles. The number of primary amides is 1. The number of sulfonamides is 1. The fraction of sp³-hybridized carbons (Fsp3) is 0.0526. The fourth-order valence-corrected chi connectivity index (χ4v) is 3.63. The van der Waals surface area contributed by atoms with Gasteiger partial charge in [0.05, 0.1) is 0 Å². The third-order valence-electron chi connectivity index (χ3n) is 3.83. The Bertz CT molecular complexity index is 1100. The molecule has 132 valence electrons. The average Bonchev–Trinajstić information content (AvgIpc) is 2.59. The number of carbonyl (C=O) groups excluding carboxylic acids is 2. The summed E-state index contributed by atoms with van der Waals surface area (Å²) >= 11 is 0. The van der Waals surface area contributed by atoms with Crippen molar-refractivity contribution in [3.05, 3.63) is 72.3 Å². The standard InChI is InChI=1S/C19H16N2O4S/c20-18(22)12-26(24,25)21-19(23)17-10-4-3-9-16(17)15-11-5-7-13-6-1-2-8-14(13)15/h1-11H,12H2,(H2,20,22)(H,21,23). The molecular weight excluding hydrogens is 352 g/mol. The van der Waals surface area contributed by atoms with Crippen LogP contribution in [0.3, 0.4) is 0 Å². The Morgan fingerprint density at radius 2 is 1.46 bits per heavy atom. The quantitative estimate of drug-likeness (QED) is 0.719. The van der Waals surface area contributed by atoms with Crippen molar-refractivity contribution >= 4 is 32.6 Å². The third-order valence-corrected chi connectivity index (χ3v) is 4.99. The molecule has 2 amide bonds. The van der Waals surface area contributed by atoms with Gasteiger partial charge in [-0.15, -0.1) is 0 Å². The van der Waals surface area contributed by atoms with Crippen molar-refractivity contribution in [2.45, 2.75) is 0 Å². The molecule has 0 aliphatic carbocycles. The fourth-order valence-electron chi connectivity index (χ4n) is 2.80. The van der Waals surface area contributed by atoms with Gasteiger partial charge in [0.2, 0.25) is 15.9 Å². The summed E-state index contributed by atoms with van der Waals surface area (Å²) in [5, 5.41) is 1.94. The number of amides is 2. The van der Waals surface area contributed by atoms with E-state index in [0.717, 1.165) is 16.3 Å². The molecule has 0 saturated carbocycles. The van der Waals surface area contributed by atoms with Crippen LogP contribution in [0.2, 0.25) is 0 Å². The lowest BCUT2D eigenvalue weighted by molar-refractivity contribution is -0.115. The minimum atomic E-state index is -4.14. The van der Waals surface area contributed by atoms with Crippen LogP contribution in [0.25, 0.3) is 21.9 Å². The molecule has 3 aromatic rings. The number of nitrogens with two attached hydrogens (primary N) is 1. The lowest BCUT2D eigenvalue weighted by Crippen LogP contribution is -2.37. The van der Waals surface area contributed by atoms with Gasteiger partial charge < -0.3 is 5.73 Å². The van der Waals surface area contributed by atoms with Gasteiger partial charge in [0, 0.05) is 5.56 Å². The molecule has 0 atom stereocenters. The maximum absolute atomic E-state index is 12.5. The molecule has 0 aliphatic rings. The summed E-state index contributed by atoms with van der Waals surface area (Å²) in [5.41, 5.74) is 6.50. The third kappa shape index (κ3) is 3.73. The second kappa shape index (κ2) is 6.97. The summed E-state index contributed by atoms with van der Waals surface area (Å²) in [4.78, 5) is 23.4. The highest BCUT2D eigenvalue weighted by Crippen LogP contribution is 2.31. The van der Waals surface area contributed by atoms with Crippen molar-refractivity contribution in [1.29, 1.82) is 0 Å². The molecule has 0 radical (unpaired) electrons. The number of hydrogen-bond acceptors (Lipinski definition) is 4. The van der Waals surface area contributed by atoms with Crippen LogP contribution in [0.15, 0.2) is 66.7 Å². The molecule has 0 saturated heterocycles. The summed E-state index contributed by atoms with van der Waals surface area (Å²) in [7, 11) is -4.14. The van der Waals surface area contributed by atoms with Gasteiger partial charge in [-0.25, -0.2) is 13.1 Å². The van der Waals surface area contributed by atoms with Gasteiger partial charge in [-0.1, -0.05) is 60.7 Å². The maximum atomic E-state index is 12.5. The molecule has 6 nitrogen and oxygen atoms in total. The molecule has 7 heteroatoms. The Hall–Kier alpha value is -3.19. The molecular formula is C19H16N2O4S. The van der Waals surface area contributed by atoms with Gasteiger partial charge in [-0.3, -0.25) is 9.59 Å². The SMILES string of the molecule is NC(=O)CS(=O)(=O)NC(=O)c1ccccc1-c1cccc2ccccc12. The second-order valence-corrected chi connectivity index (χ2v) is 7.45. The van der Waals surface area contributed by atoms with Crippen molar-refractivity contribution < 1.29 is 18.0 Å². The van der Waals surface area contributed by atoms with Gasteiger partial charge in [0.25, 0.3) is 5.91 Å². The van der Waals surface area contributed by atoms with E-state index in [1.807, 2.05) is 47.2 Å². The minimum Gasteiger partial charge on any atom is -0.369 e. The smallest absolute Gasteiger partial charge is 0.265 e. The molecule has 0 heterocycles. The number of fused-ring (bicyclic) bond motifs is 1. The van der Waals surface area contributed by atoms with E-state index in [1.54, 1.807) is 18.2 Å². The molecule has 3 N–H and O–H groups in total. The largest absolute Gasteiger partial charge is 0.369 e. The zero-order valence-corrected chi connectivity index (χ0v) is 14.5. The second-order valence-electron chi connectivity index (χ2n) is 5.73. The van der Waals surface area contributed by atoms with Gasteiger partial charge in [-0.05, 0) is 28.0 Å². The van der Waals surface area contributed by atoms with Crippen LogP contribution in [0.5, 0.6) is 0 Å². The van der Waals surface area contributed by atoms with E-state index in [0.29, 0.717) is 5.56 Å². The van der Waals surface area contributed by atoms with Crippen LogP contribution in [0.1, 0.15) is 10.4 Å². The van der Waals surface area contributed by atoms with E-state index in [2.05, 4.69) is 0 Å². The molecule has 0 aliphatic heterocycles. The molecule has 0 bridgehead atoms. The summed E-state index contributed by atoms with van der Waals surface area (Å²) in [6, 6.07) is 20.1. The van der Waals surface area contributed by atoms with Gasteiger partial charge in [0.15, 0.2) is 0 Å². The zero-order chi connectivity index (χ0) is 18.7. The Morgan fingerprint density at radius 3 is 2.23 bits per heavy atom. The number of benzene rings is 3. The first-order chi connectivity index (χ1) is 12.4. The first-order valence-electron chi connectivity index (χ1n) is 7.78. The van der Waals surface area contributed by atoms with Gasteiger partial charge in [0.1, 0.15) is 5.75 Å². The normalized spacial score (nSPS) is 11.2. The van der Waals surface area contributed by atoms with E-state index in [9.17, 15) is 18.0 Å². The number of carbonyl (C=O) groups is 2. The Labute approximate surface area is 150 Å². The van der Waals surface area contributed by atoms with Crippen molar-refractivity contribution in [2.75, 3.05) is 5.75 Å². The monoisotopic (exact) mass is 368 g/mol. The van der Waals surface area contributed by atoms with Crippen molar-refractivity contribution in [3.63, 3.8) is 0 Å². The average molecular weight is 368 g/mol. The van der Waals surface area contributed by atoms with Crippen LogP contribution in [-0.4, -0.2) is 26.0 Å². The van der Waals surface area contributed by atoms with Crippen LogP contribution >= 0.6 is 0 Å². The Kier molecular flexibility index (Phi) is 4.73. The van der Waals surface area contributed by atoms with E-state index < -0.39 is 27.6 Å². The lowest BCUT2D eigenvalue weighted by Gasteiger charge is -2.12. The summed E-state index contributed by atoms with van der Waals surface area (Å²) < 4.78 is 25.6. The van der Waals surface area contributed by atoms with Gasteiger partial charge in [-0.2, -0.15) is 0 Å². The summed E-state index contributed by atoms with van der Waals surface area (Å²) in [6.45, 7) is 0. The topological polar surface area (TPSA) is 106 Å². The highest BCUT2D eigenvalue weighted by Gasteiger charge is 2.21. The van der Waals surface area contributed by atoms with Crippen molar-refractivity contribution in [3.8, 4) is 11.1 Å². The maximum Gasteiger partial charge on any atom is 0.265 e. The number of nitrogens with one attached hydrogen (secondary N) is 1. The van der Waals surface area contributed by atoms with E-state index in [4.69, 9.17) is 5.73 Å². The predicted octanol–water partition coefficient (Wildman–Crippen LogP) is 2.05. The van der Waals surface area contributed by atoms with Crippen LogP contribution in [0.4, 0.5) is 0 Å².